The van der Waals surface area contributed by atoms with Gasteiger partial charge in [-0.1, -0.05) is 12.5 Å². The summed E-state index contributed by atoms with van der Waals surface area (Å²) in [6, 6.07) is 8.11. The highest BCUT2D eigenvalue weighted by Gasteiger charge is 2.26. The van der Waals surface area contributed by atoms with Crippen molar-refractivity contribution in [3.05, 3.63) is 60.2 Å². The van der Waals surface area contributed by atoms with Gasteiger partial charge in [0.25, 0.3) is 0 Å². The van der Waals surface area contributed by atoms with Crippen LogP contribution in [0.3, 0.4) is 0 Å². The van der Waals surface area contributed by atoms with Crippen molar-refractivity contribution in [1.29, 1.82) is 0 Å². The number of imidazole rings is 1. The molecule has 3 aromatic heterocycles. The molecule has 4 rings (SSSR count). The number of hydrogen-bond acceptors (Lipinski definition) is 6. The highest BCUT2D eigenvalue weighted by Crippen LogP contribution is 2.32. The summed E-state index contributed by atoms with van der Waals surface area (Å²) < 4.78 is 0. The molecule has 0 unspecified atom stereocenters. The molecule has 0 aliphatic carbocycles. The van der Waals surface area contributed by atoms with Crippen molar-refractivity contribution >= 4 is 11.6 Å². The van der Waals surface area contributed by atoms with E-state index in [-0.39, 0.29) is 6.04 Å². The van der Waals surface area contributed by atoms with Gasteiger partial charge in [-0.05, 0) is 38.4 Å². The molecule has 4 heterocycles. The number of likely N-dealkylation sites (tertiary alicyclic amines) is 1. The Labute approximate surface area is 152 Å². The summed E-state index contributed by atoms with van der Waals surface area (Å²) in [5.41, 5.74) is 1.06. The fraction of sp³-hybridized carbons (Fsp3) is 0.368. The average molecular weight is 349 g/mol. The summed E-state index contributed by atoms with van der Waals surface area (Å²) in [7, 11) is 0. The van der Waals surface area contributed by atoms with E-state index in [1.807, 2.05) is 37.4 Å². The lowest BCUT2D eigenvalue weighted by Gasteiger charge is -2.34. The maximum absolute atomic E-state index is 4.73. The van der Waals surface area contributed by atoms with E-state index in [0.717, 1.165) is 48.5 Å². The molecular weight excluding hydrogens is 326 g/mol. The molecule has 0 spiro atoms. The first-order valence-corrected chi connectivity index (χ1v) is 9.04. The Bertz CT molecular complexity index is 832. The first kappa shape index (κ1) is 16.7. The monoisotopic (exact) mass is 349 g/mol. The Morgan fingerprint density at radius 3 is 2.92 bits per heavy atom. The molecule has 1 aliphatic heterocycles. The number of piperidine rings is 1. The largest absolute Gasteiger partial charge is 0.348 e. The minimum absolute atomic E-state index is 0.278. The van der Waals surface area contributed by atoms with Crippen molar-refractivity contribution in [2.24, 2.45) is 0 Å². The summed E-state index contributed by atoms with van der Waals surface area (Å²) in [4.78, 5) is 23.6. The van der Waals surface area contributed by atoms with E-state index in [9.17, 15) is 0 Å². The van der Waals surface area contributed by atoms with Gasteiger partial charge in [0.05, 0.1) is 18.3 Å². The van der Waals surface area contributed by atoms with Crippen molar-refractivity contribution in [2.75, 3.05) is 11.9 Å². The third-order valence-corrected chi connectivity index (χ3v) is 4.64. The van der Waals surface area contributed by atoms with E-state index in [0.29, 0.717) is 0 Å². The number of aryl methyl sites for hydroxylation is 1. The number of nitrogens with one attached hydrogen (secondary N) is 2. The van der Waals surface area contributed by atoms with E-state index in [1.165, 1.54) is 12.8 Å². The number of rotatable bonds is 5. The standard InChI is InChI=1S/C19H23N7/c1-14-23-15(12-18(24-14)25-17-7-2-4-8-20-17)16-6-3-5-11-26(16)13-19-21-9-10-22-19/h2,4,7-10,12,16H,3,5-6,11,13H2,1H3,(H,21,22)(H,20,23,24,25)/t16-/m0/s1. The number of anilines is 2. The SMILES string of the molecule is Cc1nc(Nc2ccccn2)cc([C@@H]2CCCCN2Cc2ncc[nH]2)n1. The molecule has 1 atom stereocenters. The van der Waals surface area contributed by atoms with Crippen LogP contribution in [0.2, 0.25) is 0 Å². The lowest BCUT2D eigenvalue weighted by Crippen LogP contribution is -2.34. The van der Waals surface area contributed by atoms with Gasteiger partial charge in [-0.15, -0.1) is 0 Å². The van der Waals surface area contributed by atoms with Crippen molar-refractivity contribution < 1.29 is 0 Å². The Balaban J connectivity index is 1.58. The number of hydrogen-bond donors (Lipinski definition) is 2. The van der Waals surface area contributed by atoms with Gasteiger partial charge in [0.2, 0.25) is 0 Å². The molecule has 0 saturated carbocycles. The van der Waals surface area contributed by atoms with Crippen LogP contribution in [0.4, 0.5) is 11.6 Å². The van der Waals surface area contributed by atoms with Gasteiger partial charge in [0.15, 0.2) is 0 Å². The number of aromatic amines is 1. The minimum Gasteiger partial charge on any atom is -0.348 e. The smallest absolute Gasteiger partial charge is 0.135 e. The van der Waals surface area contributed by atoms with Crippen LogP contribution in [0.5, 0.6) is 0 Å². The van der Waals surface area contributed by atoms with Crippen molar-refractivity contribution in [1.82, 2.24) is 29.8 Å². The zero-order valence-electron chi connectivity index (χ0n) is 14.9. The van der Waals surface area contributed by atoms with E-state index in [1.54, 1.807) is 12.4 Å². The van der Waals surface area contributed by atoms with Crippen molar-refractivity contribution in [3.8, 4) is 0 Å². The number of aromatic nitrogens is 5. The number of pyridine rings is 1. The zero-order valence-corrected chi connectivity index (χ0v) is 14.9. The summed E-state index contributed by atoms with van der Waals surface area (Å²) in [6.07, 6.45) is 8.96. The van der Waals surface area contributed by atoms with Crippen molar-refractivity contribution in [2.45, 2.75) is 38.8 Å². The van der Waals surface area contributed by atoms with Crippen LogP contribution < -0.4 is 5.32 Å². The van der Waals surface area contributed by atoms with Crippen LogP contribution >= 0.6 is 0 Å². The summed E-state index contributed by atoms with van der Waals surface area (Å²) in [6.45, 7) is 3.80. The third kappa shape index (κ3) is 3.88. The maximum atomic E-state index is 4.73. The highest BCUT2D eigenvalue weighted by molar-refractivity contribution is 5.51. The number of H-pyrrole nitrogens is 1. The van der Waals surface area contributed by atoms with E-state index < -0.39 is 0 Å². The van der Waals surface area contributed by atoms with Crippen LogP contribution in [0, 0.1) is 6.92 Å². The maximum Gasteiger partial charge on any atom is 0.135 e. The van der Waals surface area contributed by atoms with E-state index >= 15 is 0 Å². The fourth-order valence-corrected chi connectivity index (χ4v) is 3.49. The first-order valence-electron chi connectivity index (χ1n) is 9.04. The van der Waals surface area contributed by atoms with Crippen molar-refractivity contribution in [3.63, 3.8) is 0 Å². The van der Waals surface area contributed by atoms with Gasteiger partial charge in [-0.25, -0.2) is 19.9 Å². The Hall–Kier alpha value is -2.80. The van der Waals surface area contributed by atoms with Crippen LogP contribution in [-0.4, -0.2) is 36.4 Å². The van der Waals surface area contributed by atoms with Gasteiger partial charge < -0.3 is 10.3 Å². The lowest BCUT2D eigenvalue weighted by molar-refractivity contribution is 0.134. The topological polar surface area (TPSA) is 82.6 Å². The second-order valence-corrected chi connectivity index (χ2v) is 6.58. The second-order valence-electron chi connectivity index (χ2n) is 6.58. The quantitative estimate of drug-likeness (QED) is 0.735. The molecule has 7 heteroatoms. The zero-order chi connectivity index (χ0) is 17.8. The number of nitrogens with zero attached hydrogens (tertiary/aromatic N) is 5. The molecule has 1 aliphatic rings. The summed E-state index contributed by atoms with van der Waals surface area (Å²) in [5, 5.41) is 3.29. The predicted molar refractivity (Wildman–Crippen MR) is 99.9 cm³/mol. The van der Waals surface area contributed by atoms with Crippen LogP contribution in [0.25, 0.3) is 0 Å². The molecule has 134 valence electrons. The lowest BCUT2D eigenvalue weighted by atomic mass is 9.99. The molecule has 1 fully saturated rings. The molecule has 0 amide bonds. The highest BCUT2D eigenvalue weighted by atomic mass is 15.2. The third-order valence-electron chi connectivity index (χ3n) is 4.64. The van der Waals surface area contributed by atoms with Crippen LogP contribution in [-0.2, 0) is 6.54 Å². The molecule has 0 radical (unpaired) electrons. The normalized spacial score (nSPS) is 18.0. The molecular formula is C19H23N7. The van der Waals surface area contributed by atoms with Gasteiger partial charge in [0.1, 0.15) is 23.3 Å². The molecule has 7 nitrogen and oxygen atoms in total. The predicted octanol–water partition coefficient (Wildman–Crippen LogP) is 3.37. The Kier molecular flexibility index (Phi) is 4.88. The molecule has 2 N–H and O–H groups in total. The molecule has 0 bridgehead atoms. The van der Waals surface area contributed by atoms with E-state index in [4.69, 9.17) is 4.98 Å². The van der Waals surface area contributed by atoms with Gasteiger partial charge in [-0.2, -0.15) is 0 Å². The van der Waals surface area contributed by atoms with Gasteiger partial charge in [-0.3, -0.25) is 4.90 Å². The molecule has 0 aromatic carbocycles. The van der Waals surface area contributed by atoms with Crippen LogP contribution in [0.1, 0.15) is 42.6 Å². The summed E-state index contributed by atoms with van der Waals surface area (Å²) in [5.74, 6) is 3.33. The Morgan fingerprint density at radius 1 is 1.15 bits per heavy atom. The van der Waals surface area contributed by atoms with Gasteiger partial charge >= 0.3 is 0 Å². The minimum atomic E-state index is 0.278. The summed E-state index contributed by atoms with van der Waals surface area (Å²) >= 11 is 0. The first-order chi connectivity index (χ1) is 12.8. The fourth-order valence-electron chi connectivity index (χ4n) is 3.49. The van der Waals surface area contributed by atoms with E-state index in [2.05, 4.69) is 30.2 Å². The molecule has 26 heavy (non-hydrogen) atoms. The molecule has 1 saturated heterocycles. The van der Waals surface area contributed by atoms with Gasteiger partial charge in [0, 0.05) is 24.7 Å². The molecule has 3 aromatic rings. The average Bonchev–Trinajstić information content (AvgIpc) is 3.16. The second kappa shape index (κ2) is 7.61. The van der Waals surface area contributed by atoms with Crippen LogP contribution in [0.15, 0.2) is 42.9 Å². The Morgan fingerprint density at radius 2 is 2.12 bits per heavy atom.